The van der Waals surface area contributed by atoms with Crippen LogP contribution in [0.3, 0.4) is 0 Å². The first-order chi connectivity index (χ1) is 8.45. The summed E-state index contributed by atoms with van der Waals surface area (Å²) in [6.45, 7) is 0. The Morgan fingerprint density at radius 3 is 2.56 bits per heavy atom. The van der Waals surface area contributed by atoms with Crippen LogP contribution in [-0.4, -0.2) is 24.9 Å². The number of ether oxygens (including phenoxy) is 1. The van der Waals surface area contributed by atoms with E-state index in [0.29, 0.717) is 5.75 Å². The summed E-state index contributed by atoms with van der Waals surface area (Å²) in [5, 5.41) is 7.59. The molecule has 0 N–H and O–H groups in total. The highest BCUT2D eigenvalue weighted by molar-refractivity contribution is 7.90. The molecule has 0 saturated carbocycles. The predicted octanol–water partition coefficient (Wildman–Crippen LogP) is 2.33. The minimum atomic E-state index is -3.26. The Kier molecular flexibility index (Phi) is 3.49. The Bertz CT molecular complexity index is 656. The van der Waals surface area contributed by atoms with Crippen molar-refractivity contribution in [3.05, 3.63) is 41.6 Å². The lowest BCUT2D eigenvalue weighted by Crippen LogP contribution is -1.97. The Morgan fingerprint density at radius 1 is 1.17 bits per heavy atom. The van der Waals surface area contributed by atoms with Crippen molar-refractivity contribution in [2.75, 3.05) is 6.26 Å². The zero-order valence-electron chi connectivity index (χ0n) is 9.37. The first-order valence-corrected chi connectivity index (χ1v) is 7.19. The van der Waals surface area contributed by atoms with Gasteiger partial charge in [-0.2, -0.15) is 0 Å². The van der Waals surface area contributed by atoms with Gasteiger partial charge in [0.15, 0.2) is 15.0 Å². The molecular weight excluding hydrogens is 276 g/mol. The fraction of sp³-hybridized carbons (Fsp3) is 0.0909. The number of halogens is 1. The van der Waals surface area contributed by atoms with E-state index in [1.165, 1.54) is 18.2 Å². The highest BCUT2D eigenvalue weighted by Gasteiger charge is 2.08. The lowest BCUT2D eigenvalue weighted by atomic mass is 10.3. The van der Waals surface area contributed by atoms with Gasteiger partial charge in [-0.15, -0.1) is 10.2 Å². The predicted molar refractivity (Wildman–Crippen MR) is 66.7 cm³/mol. The fourth-order valence-electron chi connectivity index (χ4n) is 1.25. The van der Waals surface area contributed by atoms with Gasteiger partial charge in [0, 0.05) is 12.3 Å². The largest absolute Gasteiger partial charge is 0.437 e. The molecule has 0 amide bonds. The van der Waals surface area contributed by atoms with Gasteiger partial charge in [0.2, 0.25) is 5.88 Å². The molecule has 18 heavy (non-hydrogen) atoms. The summed E-state index contributed by atoms with van der Waals surface area (Å²) < 4.78 is 28.1. The minimum absolute atomic E-state index is 0.182. The van der Waals surface area contributed by atoms with Gasteiger partial charge in [-0.25, -0.2) is 8.42 Å². The molecule has 0 spiro atoms. The monoisotopic (exact) mass is 284 g/mol. The van der Waals surface area contributed by atoms with Crippen LogP contribution in [-0.2, 0) is 9.84 Å². The number of hydrogen-bond acceptors (Lipinski definition) is 5. The van der Waals surface area contributed by atoms with Crippen molar-refractivity contribution < 1.29 is 13.2 Å². The second-order valence-corrected chi connectivity index (χ2v) is 5.95. The van der Waals surface area contributed by atoms with Crippen LogP contribution < -0.4 is 4.74 Å². The molecule has 0 radical (unpaired) electrons. The smallest absolute Gasteiger partial charge is 0.238 e. The first-order valence-electron chi connectivity index (χ1n) is 4.92. The molecule has 0 aliphatic carbocycles. The van der Waals surface area contributed by atoms with E-state index in [0.717, 1.165) is 6.26 Å². The molecule has 0 fully saturated rings. The number of sulfone groups is 1. The summed E-state index contributed by atoms with van der Waals surface area (Å²) in [5.41, 5.74) is 0. The number of hydrogen-bond donors (Lipinski definition) is 0. The van der Waals surface area contributed by atoms with Crippen molar-refractivity contribution in [1.82, 2.24) is 10.2 Å². The van der Waals surface area contributed by atoms with Crippen LogP contribution in [0.4, 0.5) is 0 Å². The fourth-order valence-corrected chi connectivity index (χ4v) is 2.00. The maximum atomic E-state index is 11.4. The Labute approximate surface area is 109 Å². The summed E-state index contributed by atoms with van der Waals surface area (Å²) >= 11 is 5.59. The topological polar surface area (TPSA) is 69.2 Å². The van der Waals surface area contributed by atoms with E-state index in [1.807, 2.05) is 0 Å². The van der Waals surface area contributed by atoms with Gasteiger partial charge >= 0.3 is 0 Å². The standard InChI is InChI=1S/C11H9ClN2O3S/c1-18(15,16)9-4-2-3-8(7-9)17-11-6-5-10(12)13-14-11/h2-7H,1H3. The normalized spacial score (nSPS) is 11.2. The molecule has 0 aliphatic rings. The summed E-state index contributed by atoms with van der Waals surface area (Å²) in [4.78, 5) is 0.182. The molecule has 2 rings (SSSR count). The zero-order valence-corrected chi connectivity index (χ0v) is 10.9. The summed E-state index contributed by atoms with van der Waals surface area (Å²) in [5.74, 6) is 0.611. The van der Waals surface area contributed by atoms with Gasteiger partial charge in [0.25, 0.3) is 0 Å². The van der Waals surface area contributed by atoms with Gasteiger partial charge in [-0.05, 0) is 24.3 Å². The highest BCUT2D eigenvalue weighted by atomic mass is 35.5. The first kappa shape index (κ1) is 12.8. The van der Waals surface area contributed by atoms with Gasteiger partial charge in [-0.1, -0.05) is 17.7 Å². The lowest BCUT2D eigenvalue weighted by Gasteiger charge is -2.05. The number of benzene rings is 1. The van der Waals surface area contributed by atoms with Crippen LogP contribution in [0, 0.1) is 0 Å². The van der Waals surface area contributed by atoms with Crippen LogP contribution in [0.1, 0.15) is 0 Å². The maximum Gasteiger partial charge on any atom is 0.238 e. The molecule has 0 saturated heterocycles. The van der Waals surface area contributed by atoms with Gasteiger partial charge < -0.3 is 4.74 Å². The van der Waals surface area contributed by atoms with E-state index in [-0.39, 0.29) is 15.9 Å². The van der Waals surface area contributed by atoms with Crippen molar-refractivity contribution in [2.24, 2.45) is 0 Å². The Balaban J connectivity index is 2.27. The SMILES string of the molecule is CS(=O)(=O)c1cccc(Oc2ccc(Cl)nn2)c1. The average molecular weight is 285 g/mol. The van der Waals surface area contributed by atoms with E-state index < -0.39 is 9.84 Å². The van der Waals surface area contributed by atoms with Gasteiger partial charge in [0.1, 0.15) is 5.75 Å². The average Bonchev–Trinajstić information content (AvgIpc) is 2.31. The Morgan fingerprint density at radius 2 is 1.94 bits per heavy atom. The Hall–Kier alpha value is -1.66. The second-order valence-electron chi connectivity index (χ2n) is 3.54. The molecule has 7 heteroatoms. The molecule has 2 aromatic rings. The lowest BCUT2D eigenvalue weighted by molar-refractivity contribution is 0.453. The summed E-state index contributed by atoms with van der Waals surface area (Å²) in [6.07, 6.45) is 1.13. The van der Waals surface area contributed by atoms with Crippen LogP contribution in [0.25, 0.3) is 0 Å². The molecule has 1 aromatic heterocycles. The molecule has 1 aromatic carbocycles. The molecule has 94 valence electrons. The molecular formula is C11H9ClN2O3S. The molecule has 1 heterocycles. The van der Waals surface area contributed by atoms with Crippen molar-refractivity contribution in [3.63, 3.8) is 0 Å². The zero-order chi connectivity index (χ0) is 13.2. The molecule has 0 unspecified atom stereocenters. The van der Waals surface area contributed by atoms with Crippen LogP contribution in [0.15, 0.2) is 41.3 Å². The van der Waals surface area contributed by atoms with Crippen molar-refractivity contribution in [2.45, 2.75) is 4.90 Å². The second kappa shape index (κ2) is 4.91. The van der Waals surface area contributed by atoms with Crippen molar-refractivity contribution >= 4 is 21.4 Å². The minimum Gasteiger partial charge on any atom is -0.437 e. The van der Waals surface area contributed by atoms with Crippen LogP contribution in [0.2, 0.25) is 5.15 Å². The third-order valence-electron chi connectivity index (χ3n) is 2.06. The van der Waals surface area contributed by atoms with Crippen molar-refractivity contribution in [3.8, 4) is 11.6 Å². The number of aromatic nitrogens is 2. The summed E-state index contributed by atoms with van der Waals surface area (Å²) in [7, 11) is -3.26. The number of rotatable bonds is 3. The van der Waals surface area contributed by atoms with Crippen LogP contribution >= 0.6 is 11.6 Å². The van der Waals surface area contributed by atoms with E-state index >= 15 is 0 Å². The van der Waals surface area contributed by atoms with Crippen LogP contribution in [0.5, 0.6) is 11.6 Å². The van der Waals surface area contributed by atoms with Crippen molar-refractivity contribution in [1.29, 1.82) is 0 Å². The molecule has 0 atom stereocenters. The maximum absolute atomic E-state index is 11.4. The van der Waals surface area contributed by atoms with E-state index in [1.54, 1.807) is 18.2 Å². The van der Waals surface area contributed by atoms with Gasteiger partial charge in [-0.3, -0.25) is 0 Å². The van der Waals surface area contributed by atoms with E-state index in [9.17, 15) is 8.42 Å². The summed E-state index contributed by atoms with van der Waals surface area (Å²) in [6, 6.07) is 9.22. The third-order valence-corrected chi connectivity index (χ3v) is 3.38. The molecule has 0 aliphatic heterocycles. The van der Waals surface area contributed by atoms with E-state index in [2.05, 4.69) is 10.2 Å². The third kappa shape index (κ3) is 3.18. The molecule has 5 nitrogen and oxygen atoms in total. The molecule has 0 bridgehead atoms. The van der Waals surface area contributed by atoms with Gasteiger partial charge in [0.05, 0.1) is 4.90 Å². The highest BCUT2D eigenvalue weighted by Crippen LogP contribution is 2.22. The quantitative estimate of drug-likeness (QED) is 0.865. The number of nitrogens with zero attached hydrogens (tertiary/aromatic N) is 2. The van der Waals surface area contributed by atoms with E-state index in [4.69, 9.17) is 16.3 Å².